The molecule has 0 N–H and O–H groups in total. The third-order valence-corrected chi connectivity index (χ3v) is 12.3. The van der Waals surface area contributed by atoms with Crippen molar-refractivity contribution in [3.05, 3.63) is 230 Å². The molecule has 0 bridgehead atoms. The van der Waals surface area contributed by atoms with Gasteiger partial charge in [-0.1, -0.05) is 224 Å². The van der Waals surface area contributed by atoms with Crippen LogP contribution in [0.5, 0.6) is 0 Å². The SMILES string of the molecule is C=C/C(C)=C\C.CC.CC.CC.CC.Cc1ccc(-c2cc(-c3ccc(C)cc3)nc(-c3cccc(-n4c5ccccc5c5ccc(-c6ccc7c(c6)c6ccccc6n7-c6ccccc6)cc54)c3)n2)cc1. The van der Waals surface area contributed by atoms with Crippen LogP contribution >= 0.6 is 0 Å². The summed E-state index contributed by atoms with van der Waals surface area (Å²) < 4.78 is 4.76. The highest BCUT2D eigenvalue weighted by molar-refractivity contribution is 6.12. The summed E-state index contributed by atoms with van der Waals surface area (Å²) in [6, 6.07) is 69.8. The summed E-state index contributed by atoms with van der Waals surface area (Å²) in [6.45, 7) is 27.8. The van der Waals surface area contributed by atoms with E-state index in [0.29, 0.717) is 5.82 Å². The largest absolute Gasteiger partial charge is 0.309 e. The highest BCUT2D eigenvalue weighted by Gasteiger charge is 2.18. The molecule has 0 saturated carbocycles. The molecule has 8 aromatic carbocycles. The molecule has 4 heteroatoms. The Balaban J connectivity index is 0.000000549. The van der Waals surface area contributed by atoms with Gasteiger partial charge in [0, 0.05) is 49.6 Å². The van der Waals surface area contributed by atoms with Gasteiger partial charge < -0.3 is 9.13 Å². The van der Waals surface area contributed by atoms with Gasteiger partial charge in [-0.3, -0.25) is 0 Å². The number of fused-ring (bicyclic) bond motifs is 6. The maximum absolute atomic E-state index is 5.19. The molecule has 0 spiro atoms. The van der Waals surface area contributed by atoms with Crippen LogP contribution < -0.4 is 0 Å². The van der Waals surface area contributed by atoms with Gasteiger partial charge in [0.15, 0.2) is 5.82 Å². The van der Waals surface area contributed by atoms with E-state index in [9.17, 15) is 0 Å². The average Bonchev–Trinajstić information content (AvgIpc) is 3.98. The summed E-state index contributed by atoms with van der Waals surface area (Å²) in [5.74, 6) is 0.694. The fourth-order valence-electron chi connectivity index (χ4n) is 8.66. The summed E-state index contributed by atoms with van der Waals surface area (Å²) >= 11 is 0. The van der Waals surface area contributed by atoms with Crippen LogP contribution in [-0.2, 0) is 0 Å². The zero-order valence-corrected chi connectivity index (χ0v) is 44.6. The fourth-order valence-corrected chi connectivity index (χ4v) is 8.66. The van der Waals surface area contributed by atoms with Crippen LogP contribution in [0.25, 0.3) is 100 Å². The van der Waals surface area contributed by atoms with Crippen molar-refractivity contribution in [1.82, 2.24) is 19.1 Å². The molecule has 0 aliphatic heterocycles. The minimum atomic E-state index is 0.694. The smallest absolute Gasteiger partial charge is 0.160 e. The monoisotopic (exact) mass is 945 g/mol. The first-order valence-corrected chi connectivity index (χ1v) is 25.9. The molecule has 0 saturated heterocycles. The minimum Gasteiger partial charge on any atom is -0.309 e. The van der Waals surface area contributed by atoms with Gasteiger partial charge in [-0.2, -0.15) is 0 Å². The molecule has 3 heterocycles. The van der Waals surface area contributed by atoms with Crippen LogP contribution in [0.4, 0.5) is 0 Å². The van der Waals surface area contributed by atoms with Crippen LogP contribution in [0, 0.1) is 13.8 Å². The van der Waals surface area contributed by atoms with Crippen LogP contribution in [0.1, 0.15) is 80.4 Å². The normalized spacial score (nSPS) is 10.6. The van der Waals surface area contributed by atoms with Gasteiger partial charge in [0.05, 0.1) is 33.5 Å². The fraction of sp³-hybridized carbons (Fsp3) is 0.176. The Kier molecular flexibility index (Phi) is 19.0. The maximum Gasteiger partial charge on any atom is 0.160 e. The van der Waals surface area contributed by atoms with E-state index in [1.807, 2.05) is 81.4 Å². The lowest BCUT2D eigenvalue weighted by Crippen LogP contribution is -1.98. The van der Waals surface area contributed by atoms with Gasteiger partial charge in [0.2, 0.25) is 0 Å². The van der Waals surface area contributed by atoms with E-state index in [2.05, 4.69) is 224 Å². The molecule has 0 unspecified atom stereocenters. The Bertz CT molecular complexity index is 3470. The number of nitrogens with zero attached hydrogens (tertiary/aromatic N) is 4. The number of allylic oxidation sites excluding steroid dienone is 3. The van der Waals surface area contributed by atoms with Crippen molar-refractivity contribution in [2.45, 2.75) is 83.1 Å². The molecular formula is C68H72N4. The molecule has 0 fully saturated rings. The first-order chi connectivity index (χ1) is 35.4. The van der Waals surface area contributed by atoms with Crippen LogP contribution in [0.3, 0.4) is 0 Å². The van der Waals surface area contributed by atoms with Crippen molar-refractivity contribution in [2.75, 3.05) is 0 Å². The van der Waals surface area contributed by atoms with Crippen LogP contribution in [-0.4, -0.2) is 19.1 Å². The molecular weight excluding hydrogens is 873 g/mol. The van der Waals surface area contributed by atoms with Gasteiger partial charge in [-0.15, -0.1) is 0 Å². The Hall–Kier alpha value is -8.08. The maximum atomic E-state index is 5.19. The summed E-state index contributed by atoms with van der Waals surface area (Å²) in [7, 11) is 0. The Morgan fingerprint density at radius 2 is 0.833 bits per heavy atom. The third-order valence-electron chi connectivity index (χ3n) is 12.3. The summed E-state index contributed by atoms with van der Waals surface area (Å²) in [5, 5.41) is 4.92. The van der Waals surface area contributed by atoms with Crippen molar-refractivity contribution < 1.29 is 0 Å². The van der Waals surface area contributed by atoms with Gasteiger partial charge in [-0.05, 0) is 99.5 Å². The number of aromatic nitrogens is 4. The number of rotatable bonds is 7. The van der Waals surface area contributed by atoms with Crippen molar-refractivity contribution in [2.24, 2.45) is 0 Å². The number of para-hydroxylation sites is 3. The second-order valence-electron chi connectivity index (χ2n) is 16.5. The number of aryl methyl sites for hydroxylation is 2. The first-order valence-electron chi connectivity index (χ1n) is 25.9. The summed E-state index contributed by atoms with van der Waals surface area (Å²) in [4.78, 5) is 10.4. The molecule has 0 radical (unpaired) electrons. The van der Waals surface area contributed by atoms with Gasteiger partial charge >= 0.3 is 0 Å². The quantitative estimate of drug-likeness (QED) is 0.149. The zero-order valence-electron chi connectivity index (χ0n) is 44.6. The number of hydrogen-bond acceptors (Lipinski definition) is 2. The third kappa shape index (κ3) is 11.4. The molecule has 0 atom stereocenters. The minimum absolute atomic E-state index is 0.694. The summed E-state index contributed by atoms with van der Waals surface area (Å²) in [5.41, 5.74) is 17.8. The van der Waals surface area contributed by atoms with Crippen molar-refractivity contribution >= 4 is 43.6 Å². The summed E-state index contributed by atoms with van der Waals surface area (Å²) in [6.07, 6.45) is 3.85. The lowest BCUT2D eigenvalue weighted by atomic mass is 10.0. The lowest BCUT2D eigenvalue weighted by Gasteiger charge is -2.13. The highest BCUT2D eigenvalue weighted by Crippen LogP contribution is 2.39. The van der Waals surface area contributed by atoms with E-state index < -0.39 is 0 Å². The van der Waals surface area contributed by atoms with E-state index in [1.165, 1.54) is 60.4 Å². The molecule has 0 aliphatic carbocycles. The van der Waals surface area contributed by atoms with Crippen LogP contribution in [0.15, 0.2) is 218 Å². The van der Waals surface area contributed by atoms with E-state index in [1.54, 1.807) is 0 Å². The van der Waals surface area contributed by atoms with Crippen molar-refractivity contribution in [1.29, 1.82) is 0 Å². The van der Waals surface area contributed by atoms with E-state index in [0.717, 1.165) is 50.5 Å². The van der Waals surface area contributed by atoms with Crippen LogP contribution in [0.2, 0.25) is 0 Å². The Morgan fingerprint density at radius 3 is 1.38 bits per heavy atom. The van der Waals surface area contributed by atoms with Gasteiger partial charge in [-0.25, -0.2) is 9.97 Å². The van der Waals surface area contributed by atoms with E-state index >= 15 is 0 Å². The standard InChI is InChI=1S/C54H38N4.C6H10.4C2H6/c1-35-19-23-37(24-20-35)48-34-49(38-25-21-36(2)22-26-38)56-54(55-48)41-11-10-14-43(31-41)58-50-17-8-6-15-44(50)46-29-27-40(33-53(46)58)39-28-30-52-47(32-39)45-16-7-9-18-51(45)57(52)42-12-4-3-5-13-42;1-4-6(3)5-2;4*1-2/h3-34H,1-2H3;4-5H,1H2,2-3H3;4*1-2H3/b;6-5-;;;;. The van der Waals surface area contributed by atoms with Gasteiger partial charge in [0.25, 0.3) is 0 Å². The second kappa shape index (κ2) is 25.7. The van der Waals surface area contributed by atoms with Crippen molar-refractivity contribution in [3.8, 4) is 56.4 Å². The second-order valence-corrected chi connectivity index (χ2v) is 16.5. The number of hydrogen-bond donors (Lipinski definition) is 0. The predicted octanol–water partition coefficient (Wildman–Crippen LogP) is 20.2. The predicted molar refractivity (Wildman–Crippen MR) is 317 cm³/mol. The lowest BCUT2D eigenvalue weighted by molar-refractivity contribution is 1.16. The van der Waals surface area contributed by atoms with Crippen molar-refractivity contribution in [3.63, 3.8) is 0 Å². The Labute approximate surface area is 429 Å². The van der Waals surface area contributed by atoms with Gasteiger partial charge in [0.1, 0.15) is 0 Å². The first kappa shape index (κ1) is 53.3. The number of benzene rings is 8. The van der Waals surface area contributed by atoms with E-state index in [-0.39, 0.29) is 0 Å². The topological polar surface area (TPSA) is 35.6 Å². The molecule has 0 aliphatic rings. The molecule has 3 aromatic heterocycles. The Morgan fingerprint density at radius 1 is 0.389 bits per heavy atom. The highest BCUT2D eigenvalue weighted by atomic mass is 15.0. The molecule has 364 valence electrons. The molecule has 72 heavy (non-hydrogen) atoms. The molecule has 4 nitrogen and oxygen atoms in total. The molecule has 11 rings (SSSR count). The van der Waals surface area contributed by atoms with E-state index in [4.69, 9.17) is 9.97 Å². The molecule has 11 aromatic rings. The molecule has 0 amide bonds. The average molecular weight is 945 g/mol. The zero-order chi connectivity index (χ0) is 51.7.